The van der Waals surface area contributed by atoms with Gasteiger partial charge in [-0.05, 0) is 43.3 Å². The van der Waals surface area contributed by atoms with E-state index < -0.39 is 0 Å². The van der Waals surface area contributed by atoms with Crippen molar-refractivity contribution in [2.75, 3.05) is 7.11 Å². The van der Waals surface area contributed by atoms with E-state index in [-0.39, 0.29) is 6.10 Å². The van der Waals surface area contributed by atoms with Crippen LogP contribution < -0.4 is 9.47 Å². The van der Waals surface area contributed by atoms with Gasteiger partial charge in [0.15, 0.2) is 10.8 Å². The van der Waals surface area contributed by atoms with Gasteiger partial charge >= 0.3 is 0 Å². The summed E-state index contributed by atoms with van der Waals surface area (Å²) in [5.74, 6) is 2.32. The van der Waals surface area contributed by atoms with Gasteiger partial charge in [0, 0.05) is 5.56 Å². The molecule has 126 valence electrons. The van der Waals surface area contributed by atoms with Gasteiger partial charge in [0.1, 0.15) is 17.6 Å². The summed E-state index contributed by atoms with van der Waals surface area (Å²) in [6, 6.07) is 17.4. The van der Waals surface area contributed by atoms with Gasteiger partial charge in [0.25, 0.3) is 0 Å². The Balaban J connectivity index is 1.63. The van der Waals surface area contributed by atoms with Gasteiger partial charge in [-0.2, -0.15) is 9.61 Å². The highest BCUT2D eigenvalue weighted by Gasteiger charge is 2.18. The van der Waals surface area contributed by atoms with Crippen LogP contribution in [0.25, 0.3) is 16.3 Å². The second-order valence-corrected chi connectivity index (χ2v) is 6.45. The first-order chi connectivity index (χ1) is 12.2. The number of para-hydroxylation sites is 1. The second-order valence-electron chi connectivity index (χ2n) is 5.46. The predicted octanol–water partition coefficient (Wildman–Crippen LogP) is 4.00. The SMILES string of the molecule is COc1ccc(-c2nnc3sc(C(C)Oc4ccccc4)nn23)cc1. The lowest BCUT2D eigenvalue weighted by molar-refractivity contribution is 0.225. The molecule has 6 nitrogen and oxygen atoms in total. The topological polar surface area (TPSA) is 61.5 Å². The minimum Gasteiger partial charge on any atom is -0.497 e. The fraction of sp³-hybridized carbons (Fsp3) is 0.167. The second kappa shape index (κ2) is 6.52. The van der Waals surface area contributed by atoms with Crippen molar-refractivity contribution in [1.82, 2.24) is 19.8 Å². The smallest absolute Gasteiger partial charge is 0.235 e. The molecule has 2 heterocycles. The Morgan fingerprint density at radius 2 is 1.72 bits per heavy atom. The zero-order chi connectivity index (χ0) is 17.2. The Morgan fingerprint density at radius 1 is 0.960 bits per heavy atom. The largest absolute Gasteiger partial charge is 0.497 e. The first-order valence-electron chi connectivity index (χ1n) is 7.83. The highest BCUT2D eigenvalue weighted by Crippen LogP contribution is 2.28. The van der Waals surface area contributed by atoms with Crippen LogP contribution in [0.5, 0.6) is 11.5 Å². The summed E-state index contributed by atoms with van der Waals surface area (Å²) in [5, 5.41) is 14.0. The number of methoxy groups -OCH3 is 1. The number of nitrogens with zero attached hydrogens (tertiary/aromatic N) is 4. The summed E-state index contributed by atoms with van der Waals surface area (Å²) < 4.78 is 12.9. The first-order valence-corrected chi connectivity index (χ1v) is 8.64. The minimum absolute atomic E-state index is 0.169. The van der Waals surface area contributed by atoms with E-state index in [0.717, 1.165) is 27.0 Å². The molecule has 4 rings (SSSR count). The van der Waals surface area contributed by atoms with Crippen LogP contribution in [0.15, 0.2) is 54.6 Å². The maximum atomic E-state index is 5.95. The molecule has 25 heavy (non-hydrogen) atoms. The number of ether oxygens (including phenoxy) is 2. The monoisotopic (exact) mass is 352 g/mol. The summed E-state index contributed by atoms with van der Waals surface area (Å²) in [5.41, 5.74) is 0.932. The van der Waals surface area contributed by atoms with Crippen molar-refractivity contribution in [3.05, 3.63) is 59.6 Å². The van der Waals surface area contributed by atoms with Gasteiger partial charge in [-0.15, -0.1) is 10.2 Å². The molecule has 0 aliphatic carbocycles. The normalized spacial score (nSPS) is 12.2. The quantitative estimate of drug-likeness (QED) is 0.543. The Kier molecular flexibility index (Phi) is 4.07. The Hall–Kier alpha value is -2.93. The maximum Gasteiger partial charge on any atom is 0.235 e. The van der Waals surface area contributed by atoms with E-state index in [1.54, 1.807) is 11.6 Å². The highest BCUT2D eigenvalue weighted by molar-refractivity contribution is 7.16. The fourth-order valence-electron chi connectivity index (χ4n) is 2.47. The molecular weight excluding hydrogens is 336 g/mol. The Bertz CT molecular complexity index is 979. The van der Waals surface area contributed by atoms with E-state index in [1.165, 1.54) is 11.3 Å². The van der Waals surface area contributed by atoms with Crippen molar-refractivity contribution in [3.63, 3.8) is 0 Å². The number of aromatic nitrogens is 4. The fourth-order valence-corrected chi connectivity index (χ4v) is 3.29. The summed E-state index contributed by atoms with van der Waals surface area (Å²) in [6.07, 6.45) is -0.169. The number of rotatable bonds is 5. The van der Waals surface area contributed by atoms with Gasteiger partial charge in [0.05, 0.1) is 7.11 Å². The van der Waals surface area contributed by atoms with Gasteiger partial charge in [-0.3, -0.25) is 0 Å². The molecule has 0 saturated carbocycles. The van der Waals surface area contributed by atoms with Crippen LogP contribution in [0.3, 0.4) is 0 Å². The Labute approximate surface area is 148 Å². The molecule has 0 fully saturated rings. The van der Waals surface area contributed by atoms with Gasteiger partial charge in [-0.25, -0.2) is 0 Å². The van der Waals surface area contributed by atoms with Crippen LogP contribution in [0.4, 0.5) is 0 Å². The average molecular weight is 352 g/mol. The predicted molar refractivity (Wildman–Crippen MR) is 96.1 cm³/mol. The third-order valence-corrected chi connectivity index (χ3v) is 4.82. The van der Waals surface area contributed by atoms with Crippen LogP contribution in [0, 0.1) is 0 Å². The Morgan fingerprint density at radius 3 is 2.44 bits per heavy atom. The van der Waals surface area contributed by atoms with E-state index in [4.69, 9.17) is 9.47 Å². The molecule has 0 bridgehead atoms. The molecule has 4 aromatic rings. The van der Waals surface area contributed by atoms with Crippen LogP contribution >= 0.6 is 11.3 Å². The van der Waals surface area contributed by atoms with Crippen molar-refractivity contribution >= 4 is 16.3 Å². The van der Waals surface area contributed by atoms with Crippen LogP contribution in [0.2, 0.25) is 0 Å². The zero-order valence-corrected chi connectivity index (χ0v) is 14.6. The van der Waals surface area contributed by atoms with Crippen molar-refractivity contribution in [2.24, 2.45) is 0 Å². The molecule has 7 heteroatoms. The molecule has 1 atom stereocenters. The number of hydrogen-bond acceptors (Lipinski definition) is 6. The van der Waals surface area contributed by atoms with Crippen molar-refractivity contribution < 1.29 is 9.47 Å². The number of benzene rings is 2. The van der Waals surface area contributed by atoms with Crippen LogP contribution in [-0.2, 0) is 0 Å². The highest BCUT2D eigenvalue weighted by atomic mass is 32.1. The first kappa shape index (κ1) is 15.6. The molecular formula is C18H16N4O2S. The number of hydrogen-bond donors (Lipinski definition) is 0. The van der Waals surface area contributed by atoms with Crippen molar-refractivity contribution in [1.29, 1.82) is 0 Å². The lowest BCUT2D eigenvalue weighted by Gasteiger charge is -2.11. The average Bonchev–Trinajstić information content (AvgIpc) is 3.23. The summed E-state index contributed by atoms with van der Waals surface area (Å²) in [4.78, 5) is 0.740. The molecule has 0 N–H and O–H groups in total. The molecule has 0 saturated heterocycles. The lowest BCUT2D eigenvalue weighted by Crippen LogP contribution is -2.03. The lowest BCUT2D eigenvalue weighted by atomic mass is 10.2. The van der Waals surface area contributed by atoms with E-state index in [9.17, 15) is 0 Å². The van der Waals surface area contributed by atoms with Crippen LogP contribution in [0.1, 0.15) is 18.0 Å². The van der Waals surface area contributed by atoms with Gasteiger partial charge in [0.2, 0.25) is 4.96 Å². The molecule has 0 radical (unpaired) electrons. The third-order valence-electron chi connectivity index (χ3n) is 3.76. The molecule has 1 unspecified atom stereocenters. The van der Waals surface area contributed by atoms with E-state index in [1.807, 2.05) is 61.5 Å². The molecule has 0 amide bonds. The maximum absolute atomic E-state index is 5.95. The van der Waals surface area contributed by atoms with E-state index in [2.05, 4.69) is 15.3 Å². The van der Waals surface area contributed by atoms with Gasteiger partial charge in [-0.1, -0.05) is 29.5 Å². The summed E-state index contributed by atoms with van der Waals surface area (Å²) >= 11 is 1.48. The van der Waals surface area contributed by atoms with Crippen molar-refractivity contribution in [2.45, 2.75) is 13.0 Å². The molecule has 0 aliphatic heterocycles. The standard InChI is InChI=1S/C18H16N4O2S/c1-12(24-15-6-4-3-5-7-15)17-21-22-16(19-20-18(22)25-17)13-8-10-14(23-2)11-9-13/h3-12H,1-2H3. The van der Waals surface area contributed by atoms with Crippen LogP contribution in [-0.4, -0.2) is 26.9 Å². The van der Waals surface area contributed by atoms with Gasteiger partial charge < -0.3 is 9.47 Å². The summed E-state index contributed by atoms with van der Waals surface area (Å²) in [6.45, 7) is 1.98. The van der Waals surface area contributed by atoms with E-state index in [0.29, 0.717) is 5.82 Å². The molecule has 0 aliphatic rings. The number of fused-ring (bicyclic) bond motifs is 1. The zero-order valence-electron chi connectivity index (χ0n) is 13.8. The molecule has 2 aromatic heterocycles. The third kappa shape index (κ3) is 3.06. The molecule has 0 spiro atoms. The summed E-state index contributed by atoms with van der Waals surface area (Å²) in [7, 11) is 1.64. The van der Waals surface area contributed by atoms with Crippen molar-refractivity contribution in [3.8, 4) is 22.9 Å². The molecule has 2 aromatic carbocycles. The van der Waals surface area contributed by atoms with E-state index >= 15 is 0 Å². The minimum atomic E-state index is -0.169.